The maximum absolute atomic E-state index is 11.6. The van der Waals surface area contributed by atoms with Crippen LogP contribution < -0.4 is 4.74 Å². The quantitative estimate of drug-likeness (QED) is 0.755. The minimum atomic E-state index is -0.934. The number of aromatic carboxylic acids is 1. The molecule has 0 bridgehead atoms. The zero-order valence-corrected chi connectivity index (χ0v) is 13.4. The number of aryl methyl sites for hydroxylation is 1. The summed E-state index contributed by atoms with van der Waals surface area (Å²) in [5.41, 5.74) is 1.96. The highest BCUT2D eigenvalue weighted by Crippen LogP contribution is 2.26. The second kappa shape index (κ2) is 6.34. The van der Waals surface area contributed by atoms with E-state index in [1.165, 1.54) is 0 Å². The van der Waals surface area contributed by atoms with Crippen LogP contribution in [0.1, 0.15) is 16.1 Å². The van der Waals surface area contributed by atoms with Crippen molar-refractivity contribution in [3.05, 3.63) is 64.8 Å². The topological polar surface area (TPSA) is 51.5 Å². The van der Waals surface area contributed by atoms with Gasteiger partial charge in [0.25, 0.3) is 0 Å². The first-order valence-corrected chi connectivity index (χ1v) is 7.66. The van der Waals surface area contributed by atoms with Gasteiger partial charge in [-0.2, -0.15) is 0 Å². The molecule has 3 aromatic rings. The maximum atomic E-state index is 11.6. The van der Waals surface area contributed by atoms with E-state index < -0.39 is 5.97 Å². The molecule has 3 rings (SSSR count). The summed E-state index contributed by atoms with van der Waals surface area (Å²) in [6.45, 7) is 2.60. The molecule has 0 saturated heterocycles. The number of carboxylic acid groups (broad SMARTS) is 1. The third-order valence-corrected chi connectivity index (χ3v) is 4.15. The lowest BCUT2D eigenvalue weighted by atomic mass is 10.1. The van der Waals surface area contributed by atoms with Crippen molar-refractivity contribution in [2.24, 2.45) is 0 Å². The summed E-state index contributed by atoms with van der Waals surface area (Å²) in [5.74, 6) is -0.337. The molecule has 0 fully saturated rings. The van der Waals surface area contributed by atoms with E-state index in [0.717, 1.165) is 16.5 Å². The molecule has 1 heterocycles. The second-order valence-corrected chi connectivity index (χ2v) is 5.63. The molecule has 2 aromatic carbocycles. The fourth-order valence-corrected chi connectivity index (χ4v) is 2.98. The Hall–Kier alpha value is -2.46. The Labute approximate surface area is 138 Å². The van der Waals surface area contributed by atoms with Crippen LogP contribution in [0.25, 0.3) is 10.9 Å². The normalized spacial score (nSPS) is 10.9. The van der Waals surface area contributed by atoms with Crippen LogP contribution >= 0.6 is 11.6 Å². The van der Waals surface area contributed by atoms with Gasteiger partial charge < -0.3 is 14.4 Å². The predicted molar refractivity (Wildman–Crippen MR) is 90.6 cm³/mol. The van der Waals surface area contributed by atoms with Gasteiger partial charge in [0.2, 0.25) is 0 Å². The molecule has 0 unspecified atom stereocenters. The number of aromatic nitrogens is 1. The molecule has 0 saturated carbocycles. The van der Waals surface area contributed by atoms with Gasteiger partial charge in [-0.3, -0.25) is 0 Å². The lowest BCUT2D eigenvalue weighted by molar-refractivity contribution is 0.0684. The first kappa shape index (κ1) is 15.4. The molecule has 0 aliphatic rings. The van der Waals surface area contributed by atoms with E-state index >= 15 is 0 Å². The van der Waals surface area contributed by atoms with Crippen molar-refractivity contribution in [1.82, 2.24) is 4.57 Å². The highest BCUT2D eigenvalue weighted by Gasteiger charge is 2.19. The van der Waals surface area contributed by atoms with Gasteiger partial charge in [0, 0.05) is 10.9 Å². The van der Waals surface area contributed by atoms with E-state index in [1.54, 1.807) is 16.7 Å². The van der Waals surface area contributed by atoms with Gasteiger partial charge in [-0.25, -0.2) is 4.79 Å². The van der Waals surface area contributed by atoms with Crippen molar-refractivity contribution in [3.63, 3.8) is 0 Å². The highest BCUT2D eigenvalue weighted by atomic mass is 35.5. The first-order chi connectivity index (χ1) is 11.1. The highest BCUT2D eigenvalue weighted by molar-refractivity contribution is 6.32. The molecule has 0 atom stereocenters. The van der Waals surface area contributed by atoms with Gasteiger partial charge in [-0.15, -0.1) is 0 Å². The number of hydrogen-bond acceptors (Lipinski definition) is 2. The van der Waals surface area contributed by atoms with E-state index in [4.69, 9.17) is 16.3 Å². The maximum Gasteiger partial charge on any atom is 0.352 e. The minimum absolute atomic E-state index is 0.300. The number of hydrogen-bond donors (Lipinski definition) is 1. The molecule has 118 valence electrons. The second-order valence-electron chi connectivity index (χ2n) is 5.23. The summed E-state index contributed by atoms with van der Waals surface area (Å²) in [6.07, 6.45) is 0. The molecule has 0 aliphatic carbocycles. The van der Waals surface area contributed by atoms with E-state index in [1.807, 2.05) is 43.3 Å². The van der Waals surface area contributed by atoms with Crippen molar-refractivity contribution in [3.8, 4) is 5.75 Å². The monoisotopic (exact) mass is 329 g/mol. The number of ether oxygens (including phenoxy) is 1. The summed E-state index contributed by atoms with van der Waals surface area (Å²) in [5, 5.41) is 11.0. The summed E-state index contributed by atoms with van der Waals surface area (Å²) in [6, 6.07) is 14.9. The molecule has 5 heteroatoms. The molecular weight excluding hydrogens is 314 g/mol. The van der Waals surface area contributed by atoms with Crippen LogP contribution in [-0.2, 0) is 6.54 Å². The molecule has 0 radical (unpaired) electrons. The summed E-state index contributed by atoms with van der Waals surface area (Å²) in [4.78, 5) is 11.6. The molecule has 0 aliphatic heterocycles. The Morgan fingerprint density at radius 2 is 1.87 bits per heavy atom. The zero-order valence-electron chi connectivity index (χ0n) is 12.6. The minimum Gasteiger partial charge on any atom is -0.490 e. The molecule has 4 nitrogen and oxygen atoms in total. The third-order valence-electron chi connectivity index (χ3n) is 3.84. The number of fused-ring (bicyclic) bond motifs is 1. The van der Waals surface area contributed by atoms with E-state index in [-0.39, 0.29) is 0 Å². The summed E-state index contributed by atoms with van der Waals surface area (Å²) in [7, 11) is 0. The van der Waals surface area contributed by atoms with Crippen molar-refractivity contribution >= 4 is 28.5 Å². The average molecular weight is 330 g/mol. The Morgan fingerprint density at radius 1 is 1.17 bits per heavy atom. The summed E-state index contributed by atoms with van der Waals surface area (Å²) >= 11 is 6.06. The van der Waals surface area contributed by atoms with E-state index in [0.29, 0.717) is 29.6 Å². The van der Waals surface area contributed by atoms with Crippen molar-refractivity contribution < 1.29 is 14.6 Å². The number of para-hydroxylation sites is 2. The standard InChI is InChI=1S/C18H16ClNO3/c1-12-13-6-2-4-8-15(13)20(17(12)18(21)22)10-11-23-16-9-5-3-7-14(16)19/h2-9H,10-11H2,1H3,(H,21,22). The van der Waals surface area contributed by atoms with Crippen LogP contribution in [0.3, 0.4) is 0 Å². The first-order valence-electron chi connectivity index (χ1n) is 7.28. The van der Waals surface area contributed by atoms with Crippen LogP contribution in [0, 0.1) is 6.92 Å². The molecule has 23 heavy (non-hydrogen) atoms. The predicted octanol–water partition coefficient (Wildman–Crippen LogP) is 4.38. The number of nitrogens with zero attached hydrogens (tertiary/aromatic N) is 1. The van der Waals surface area contributed by atoms with Crippen molar-refractivity contribution in [1.29, 1.82) is 0 Å². The van der Waals surface area contributed by atoms with Crippen LogP contribution in [0.4, 0.5) is 0 Å². The Balaban J connectivity index is 1.89. The third kappa shape index (κ3) is 2.90. The van der Waals surface area contributed by atoms with Gasteiger partial charge in [0.15, 0.2) is 0 Å². The van der Waals surface area contributed by atoms with Crippen molar-refractivity contribution in [2.45, 2.75) is 13.5 Å². The fraction of sp³-hybridized carbons (Fsp3) is 0.167. The van der Waals surface area contributed by atoms with Crippen LogP contribution in [0.2, 0.25) is 5.02 Å². The molecule has 1 N–H and O–H groups in total. The van der Waals surface area contributed by atoms with E-state index in [2.05, 4.69) is 0 Å². The van der Waals surface area contributed by atoms with Gasteiger partial charge in [-0.05, 0) is 30.7 Å². The molecule has 0 spiro atoms. The van der Waals surface area contributed by atoms with Gasteiger partial charge in [0.1, 0.15) is 18.1 Å². The van der Waals surface area contributed by atoms with Gasteiger partial charge in [0.05, 0.1) is 11.6 Å². The smallest absolute Gasteiger partial charge is 0.352 e. The number of halogens is 1. The Kier molecular flexibility index (Phi) is 4.26. The molecular formula is C18H16ClNO3. The van der Waals surface area contributed by atoms with Crippen LogP contribution in [0.15, 0.2) is 48.5 Å². The molecule has 0 amide bonds. The van der Waals surface area contributed by atoms with Crippen LogP contribution in [0.5, 0.6) is 5.75 Å². The number of carbonyl (C=O) groups is 1. The average Bonchev–Trinajstić information content (AvgIpc) is 2.82. The van der Waals surface area contributed by atoms with Gasteiger partial charge >= 0.3 is 5.97 Å². The number of benzene rings is 2. The Bertz CT molecular complexity index is 870. The molecule has 1 aromatic heterocycles. The Morgan fingerprint density at radius 3 is 2.61 bits per heavy atom. The fourth-order valence-electron chi connectivity index (χ4n) is 2.79. The van der Waals surface area contributed by atoms with Gasteiger partial charge in [-0.1, -0.05) is 41.9 Å². The van der Waals surface area contributed by atoms with E-state index in [9.17, 15) is 9.90 Å². The SMILES string of the molecule is Cc1c(C(=O)O)n(CCOc2ccccc2Cl)c2ccccc12. The zero-order chi connectivity index (χ0) is 16.4. The largest absolute Gasteiger partial charge is 0.490 e. The lowest BCUT2D eigenvalue weighted by Gasteiger charge is -2.11. The van der Waals surface area contributed by atoms with Crippen molar-refractivity contribution in [2.75, 3.05) is 6.61 Å². The summed E-state index contributed by atoms with van der Waals surface area (Å²) < 4.78 is 7.47. The lowest BCUT2D eigenvalue weighted by Crippen LogP contribution is -2.14. The number of rotatable bonds is 5. The number of carboxylic acids is 1. The van der Waals surface area contributed by atoms with Crippen LogP contribution in [-0.4, -0.2) is 22.2 Å².